The standard InChI is InChI=1S/C22H19NO6S/c1-28-15-6-4-5-13(11-15)19-18-20(24)16-7-2-3-8-17(16)29-21(18)22(25)23(19)14-9-10-30(26,27)12-14/h2-8,11,14,19H,9-10,12H2,1H3/t14-,19+/m1/s1. The van der Waals surface area contributed by atoms with Gasteiger partial charge in [-0.25, -0.2) is 8.42 Å². The van der Waals surface area contributed by atoms with Gasteiger partial charge in [0.2, 0.25) is 5.76 Å². The Morgan fingerprint density at radius 3 is 2.63 bits per heavy atom. The van der Waals surface area contributed by atoms with Gasteiger partial charge in [-0.3, -0.25) is 9.59 Å². The average molecular weight is 425 g/mol. The van der Waals surface area contributed by atoms with Gasteiger partial charge in [-0.2, -0.15) is 0 Å². The summed E-state index contributed by atoms with van der Waals surface area (Å²) in [5, 5.41) is 0.387. The summed E-state index contributed by atoms with van der Waals surface area (Å²) in [5.41, 5.74) is 0.973. The Labute approximate surface area is 172 Å². The van der Waals surface area contributed by atoms with Gasteiger partial charge in [0.25, 0.3) is 5.91 Å². The summed E-state index contributed by atoms with van der Waals surface area (Å²) in [6.07, 6.45) is 0.330. The Morgan fingerprint density at radius 2 is 1.90 bits per heavy atom. The highest BCUT2D eigenvalue weighted by molar-refractivity contribution is 7.91. The van der Waals surface area contributed by atoms with E-state index in [1.54, 1.807) is 48.5 Å². The first-order valence-electron chi connectivity index (χ1n) is 9.62. The predicted molar refractivity (Wildman–Crippen MR) is 111 cm³/mol. The summed E-state index contributed by atoms with van der Waals surface area (Å²) in [6, 6.07) is 12.6. The molecular weight excluding hydrogens is 406 g/mol. The van der Waals surface area contributed by atoms with E-state index in [-0.39, 0.29) is 28.3 Å². The van der Waals surface area contributed by atoms with Crippen molar-refractivity contribution in [1.29, 1.82) is 0 Å². The second-order valence-electron chi connectivity index (χ2n) is 7.62. The van der Waals surface area contributed by atoms with Crippen molar-refractivity contribution < 1.29 is 22.4 Å². The number of methoxy groups -OCH3 is 1. The molecule has 7 nitrogen and oxygen atoms in total. The van der Waals surface area contributed by atoms with Gasteiger partial charge in [0.05, 0.1) is 35.6 Å². The second-order valence-corrected chi connectivity index (χ2v) is 9.85. The summed E-state index contributed by atoms with van der Waals surface area (Å²) in [6.45, 7) is 0. The summed E-state index contributed by atoms with van der Waals surface area (Å²) < 4.78 is 35.5. The van der Waals surface area contributed by atoms with Gasteiger partial charge in [0.1, 0.15) is 11.3 Å². The molecule has 30 heavy (non-hydrogen) atoms. The average Bonchev–Trinajstić information content (AvgIpc) is 3.25. The number of hydrogen-bond acceptors (Lipinski definition) is 6. The number of sulfone groups is 1. The molecule has 2 atom stereocenters. The quantitative estimate of drug-likeness (QED) is 0.640. The van der Waals surface area contributed by atoms with Gasteiger partial charge in [-0.05, 0) is 36.2 Å². The van der Waals surface area contributed by atoms with E-state index in [0.717, 1.165) is 0 Å². The van der Waals surface area contributed by atoms with Crippen molar-refractivity contribution in [3.63, 3.8) is 0 Å². The van der Waals surface area contributed by atoms with E-state index in [0.29, 0.717) is 28.7 Å². The number of hydrogen-bond donors (Lipinski definition) is 0. The number of carbonyl (C=O) groups is 1. The fourth-order valence-corrected chi connectivity index (χ4v) is 6.16. The summed E-state index contributed by atoms with van der Waals surface area (Å²) in [7, 11) is -1.70. The van der Waals surface area contributed by atoms with Crippen LogP contribution in [0.1, 0.15) is 34.1 Å². The highest BCUT2D eigenvalue weighted by Gasteiger charge is 2.48. The summed E-state index contributed by atoms with van der Waals surface area (Å²) >= 11 is 0. The molecule has 2 aromatic carbocycles. The first-order chi connectivity index (χ1) is 14.4. The van der Waals surface area contributed by atoms with E-state index in [9.17, 15) is 18.0 Å². The molecule has 2 aliphatic rings. The lowest BCUT2D eigenvalue weighted by Crippen LogP contribution is -2.40. The van der Waals surface area contributed by atoms with Crippen LogP contribution in [0.25, 0.3) is 11.0 Å². The van der Waals surface area contributed by atoms with Crippen molar-refractivity contribution >= 4 is 26.7 Å². The van der Waals surface area contributed by atoms with Crippen molar-refractivity contribution in [2.45, 2.75) is 18.5 Å². The summed E-state index contributed by atoms with van der Waals surface area (Å²) in [5.74, 6) is 0.00327. The lowest BCUT2D eigenvalue weighted by molar-refractivity contribution is 0.0662. The molecule has 3 aromatic rings. The van der Waals surface area contributed by atoms with Gasteiger partial charge in [-0.15, -0.1) is 0 Å². The highest BCUT2D eigenvalue weighted by atomic mass is 32.2. The molecule has 154 valence electrons. The fraction of sp³-hybridized carbons (Fsp3) is 0.273. The van der Waals surface area contributed by atoms with Crippen LogP contribution in [-0.4, -0.2) is 43.9 Å². The maximum Gasteiger partial charge on any atom is 0.291 e. The maximum absolute atomic E-state index is 13.4. The first-order valence-corrected chi connectivity index (χ1v) is 11.4. The van der Waals surface area contributed by atoms with Crippen LogP contribution < -0.4 is 10.2 Å². The Kier molecular flexibility index (Phi) is 4.21. The molecule has 1 aromatic heterocycles. The monoisotopic (exact) mass is 425 g/mol. The topological polar surface area (TPSA) is 93.9 Å². The first kappa shape index (κ1) is 18.9. The number of nitrogens with zero attached hydrogens (tertiary/aromatic N) is 1. The molecule has 0 spiro atoms. The smallest absolute Gasteiger partial charge is 0.291 e. The van der Waals surface area contributed by atoms with Crippen LogP contribution >= 0.6 is 0 Å². The van der Waals surface area contributed by atoms with Gasteiger partial charge in [0, 0.05) is 6.04 Å². The number of amides is 1. The molecule has 0 bridgehead atoms. The third-order valence-electron chi connectivity index (χ3n) is 5.82. The number of para-hydroxylation sites is 1. The number of fused-ring (bicyclic) bond motifs is 2. The number of ether oxygens (including phenoxy) is 1. The summed E-state index contributed by atoms with van der Waals surface area (Å²) in [4.78, 5) is 28.3. The van der Waals surface area contributed by atoms with E-state index < -0.39 is 27.8 Å². The molecule has 1 saturated heterocycles. The van der Waals surface area contributed by atoms with Crippen molar-refractivity contribution in [2.24, 2.45) is 0 Å². The van der Waals surface area contributed by atoms with Crippen LogP contribution in [0.2, 0.25) is 0 Å². The van der Waals surface area contributed by atoms with Crippen LogP contribution in [0.5, 0.6) is 5.75 Å². The zero-order valence-corrected chi connectivity index (χ0v) is 17.0. The Bertz CT molecular complexity index is 1340. The zero-order valence-electron chi connectivity index (χ0n) is 16.2. The van der Waals surface area contributed by atoms with Gasteiger partial charge in [0.15, 0.2) is 15.3 Å². The molecule has 0 N–H and O–H groups in total. The Balaban J connectivity index is 1.76. The van der Waals surface area contributed by atoms with Crippen molar-refractivity contribution in [1.82, 2.24) is 4.90 Å². The van der Waals surface area contributed by atoms with E-state index >= 15 is 0 Å². The molecule has 0 unspecified atom stereocenters. The SMILES string of the molecule is COc1cccc([C@H]2c3c(oc4ccccc4c3=O)C(=O)N2[C@@H]2CCS(=O)(=O)C2)c1. The van der Waals surface area contributed by atoms with Gasteiger partial charge >= 0.3 is 0 Å². The molecule has 5 rings (SSSR count). The number of rotatable bonds is 3. The predicted octanol–water partition coefficient (Wildman–Crippen LogP) is 2.53. The van der Waals surface area contributed by atoms with E-state index in [4.69, 9.17) is 9.15 Å². The molecule has 2 aliphatic heterocycles. The van der Waals surface area contributed by atoms with Crippen molar-refractivity contribution in [3.8, 4) is 5.75 Å². The second kappa shape index (κ2) is 6.70. The number of carbonyl (C=O) groups excluding carboxylic acids is 1. The molecule has 0 radical (unpaired) electrons. The third kappa shape index (κ3) is 2.82. The molecular formula is C22H19NO6S. The molecule has 1 fully saturated rings. The van der Waals surface area contributed by atoms with Crippen LogP contribution in [0.15, 0.2) is 57.7 Å². The van der Waals surface area contributed by atoms with E-state index in [1.165, 1.54) is 12.0 Å². The lowest BCUT2D eigenvalue weighted by atomic mass is 9.97. The Hall–Kier alpha value is -3.13. The molecule has 0 saturated carbocycles. The van der Waals surface area contributed by atoms with Crippen LogP contribution in [0.3, 0.4) is 0 Å². The lowest BCUT2D eigenvalue weighted by Gasteiger charge is -2.30. The van der Waals surface area contributed by atoms with Gasteiger partial charge in [-0.1, -0.05) is 24.3 Å². The third-order valence-corrected chi connectivity index (χ3v) is 7.57. The minimum atomic E-state index is -3.24. The van der Waals surface area contributed by atoms with E-state index in [2.05, 4.69) is 0 Å². The van der Waals surface area contributed by atoms with Crippen LogP contribution in [0, 0.1) is 0 Å². The number of benzene rings is 2. The molecule has 0 aliphatic carbocycles. The fourth-order valence-electron chi connectivity index (χ4n) is 4.45. The Morgan fingerprint density at radius 1 is 1.10 bits per heavy atom. The normalized spacial score (nSPS) is 22.4. The van der Waals surface area contributed by atoms with Gasteiger partial charge < -0.3 is 14.1 Å². The van der Waals surface area contributed by atoms with Crippen LogP contribution in [0.4, 0.5) is 0 Å². The molecule has 3 heterocycles. The molecule has 8 heteroatoms. The van der Waals surface area contributed by atoms with Crippen molar-refractivity contribution in [3.05, 3.63) is 75.6 Å². The van der Waals surface area contributed by atoms with Crippen LogP contribution in [-0.2, 0) is 9.84 Å². The minimum absolute atomic E-state index is 0.0178. The molecule has 1 amide bonds. The largest absolute Gasteiger partial charge is 0.497 e. The zero-order chi connectivity index (χ0) is 21.0. The highest BCUT2D eigenvalue weighted by Crippen LogP contribution is 2.42. The maximum atomic E-state index is 13.4. The van der Waals surface area contributed by atoms with E-state index in [1.807, 2.05) is 0 Å². The minimum Gasteiger partial charge on any atom is -0.497 e. The van der Waals surface area contributed by atoms with Crippen molar-refractivity contribution in [2.75, 3.05) is 18.6 Å².